The topological polar surface area (TPSA) is 38.0 Å². The van der Waals surface area contributed by atoms with E-state index in [1.807, 2.05) is 0 Å². The van der Waals surface area contributed by atoms with Crippen LogP contribution in [-0.2, 0) is 0 Å². The van der Waals surface area contributed by atoms with E-state index in [4.69, 9.17) is 5.84 Å². The summed E-state index contributed by atoms with van der Waals surface area (Å²) in [6.45, 7) is 4.28. The molecule has 1 aromatic carbocycles. The van der Waals surface area contributed by atoms with Crippen LogP contribution in [0.15, 0.2) is 30.8 Å². The van der Waals surface area contributed by atoms with E-state index in [1.165, 1.54) is 12.1 Å². The van der Waals surface area contributed by atoms with Crippen molar-refractivity contribution in [2.24, 2.45) is 5.84 Å². The Kier molecular flexibility index (Phi) is 2.96. The van der Waals surface area contributed by atoms with Crippen LogP contribution in [0, 0.1) is 5.82 Å². The highest BCUT2D eigenvalue weighted by Crippen LogP contribution is 2.11. The highest BCUT2D eigenvalue weighted by molar-refractivity contribution is 5.64. The van der Waals surface area contributed by atoms with Crippen molar-refractivity contribution in [3.8, 4) is 0 Å². The Bertz CT molecular complexity index is 266. The van der Waals surface area contributed by atoms with E-state index in [0.29, 0.717) is 6.54 Å². The summed E-state index contributed by atoms with van der Waals surface area (Å²) >= 11 is 0. The number of hydrogen-bond acceptors (Lipinski definition) is 2. The van der Waals surface area contributed by atoms with Gasteiger partial charge in [-0.15, -0.1) is 0 Å². The molecule has 3 N–H and O–H groups in total. The molecule has 0 saturated carbocycles. The fraction of sp³-hybridized carbons (Fsp3) is 0.111. The average molecular weight is 166 g/mol. The molecule has 0 spiro atoms. The van der Waals surface area contributed by atoms with Gasteiger partial charge < -0.3 is 0 Å². The molecular weight excluding hydrogens is 155 g/mol. The molecule has 0 atom stereocenters. The molecule has 3 heteroatoms. The monoisotopic (exact) mass is 166 g/mol. The van der Waals surface area contributed by atoms with Crippen molar-refractivity contribution in [3.05, 3.63) is 42.2 Å². The Balaban J connectivity index is 2.75. The Morgan fingerprint density at radius 1 is 1.42 bits per heavy atom. The van der Waals surface area contributed by atoms with E-state index in [2.05, 4.69) is 12.0 Å². The molecule has 0 aliphatic heterocycles. The maximum Gasteiger partial charge on any atom is 0.123 e. The van der Waals surface area contributed by atoms with Crippen molar-refractivity contribution in [2.45, 2.75) is 0 Å². The van der Waals surface area contributed by atoms with Crippen LogP contribution in [-0.4, -0.2) is 6.54 Å². The van der Waals surface area contributed by atoms with Crippen LogP contribution in [0.5, 0.6) is 0 Å². The molecule has 0 aromatic heterocycles. The summed E-state index contributed by atoms with van der Waals surface area (Å²) in [6.07, 6.45) is 0. The van der Waals surface area contributed by atoms with Gasteiger partial charge in [-0.2, -0.15) is 0 Å². The number of hydrazine groups is 1. The van der Waals surface area contributed by atoms with Gasteiger partial charge in [0.25, 0.3) is 0 Å². The molecule has 0 amide bonds. The molecule has 0 heterocycles. The summed E-state index contributed by atoms with van der Waals surface area (Å²) in [6, 6.07) is 6.15. The molecule has 1 rings (SSSR count). The van der Waals surface area contributed by atoms with Crippen molar-refractivity contribution < 1.29 is 4.39 Å². The number of rotatable bonds is 3. The van der Waals surface area contributed by atoms with Crippen LogP contribution in [0.1, 0.15) is 5.56 Å². The molecule has 0 saturated heterocycles. The summed E-state index contributed by atoms with van der Waals surface area (Å²) in [5.74, 6) is 4.87. The number of benzene rings is 1. The van der Waals surface area contributed by atoms with Crippen molar-refractivity contribution in [2.75, 3.05) is 6.54 Å². The standard InChI is InChI=1S/C9H11FN2/c1-7(6-12-11)8-2-4-9(10)5-3-8/h2-5,12H,1,6,11H2. The van der Waals surface area contributed by atoms with E-state index < -0.39 is 0 Å². The van der Waals surface area contributed by atoms with E-state index in [1.54, 1.807) is 12.1 Å². The van der Waals surface area contributed by atoms with Crippen molar-refractivity contribution in [3.63, 3.8) is 0 Å². The minimum atomic E-state index is -0.243. The third-order valence-corrected chi connectivity index (χ3v) is 1.57. The zero-order chi connectivity index (χ0) is 8.97. The first-order valence-corrected chi connectivity index (χ1v) is 3.61. The minimum absolute atomic E-state index is 0.243. The van der Waals surface area contributed by atoms with Gasteiger partial charge in [0.15, 0.2) is 0 Å². The van der Waals surface area contributed by atoms with Gasteiger partial charge in [0, 0.05) is 6.54 Å². The minimum Gasteiger partial charge on any atom is -0.271 e. The van der Waals surface area contributed by atoms with Gasteiger partial charge in [-0.05, 0) is 23.3 Å². The smallest absolute Gasteiger partial charge is 0.123 e. The number of nitrogens with two attached hydrogens (primary N) is 1. The molecule has 0 aliphatic rings. The molecule has 0 fully saturated rings. The zero-order valence-electron chi connectivity index (χ0n) is 6.68. The van der Waals surface area contributed by atoms with Crippen LogP contribution in [0.2, 0.25) is 0 Å². The molecule has 0 unspecified atom stereocenters. The maximum atomic E-state index is 12.5. The first kappa shape index (κ1) is 8.90. The molecule has 1 aromatic rings. The Morgan fingerprint density at radius 3 is 2.50 bits per heavy atom. The largest absolute Gasteiger partial charge is 0.271 e. The van der Waals surface area contributed by atoms with Gasteiger partial charge in [0.2, 0.25) is 0 Å². The molecule has 12 heavy (non-hydrogen) atoms. The molecule has 0 bridgehead atoms. The fourth-order valence-electron chi connectivity index (χ4n) is 0.911. The number of hydrogen-bond donors (Lipinski definition) is 2. The van der Waals surface area contributed by atoms with E-state index >= 15 is 0 Å². The third-order valence-electron chi connectivity index (χ3n) is 1.57. The summed E-state index contributed by atoms with van der Waals surface area (Å²) in [5.41, 5.74) is 4.23. The Morgan fingerprint density at radius 2 is 2.00 bits per heavy atom. The summed E-state index contributed by atoms with van der Waals surface area (Å²) in [7, 11) is 0. The summed E-state index contributed by atoms with van der Waals surface area (Å²) < 4.78 is 12.5. The quantitative estimate of drug-likeness (QED) is 0.524. The molecule has 0 radical (unpaired) electrons. The fourth-order valence-corrected chi connectivity index (χ4v) is 0.911. The lowest BCUT2D eigenvalue weighted by Gasteiger charge is -2.03. The Hall–Kier alpha value is -1.19. The predicted molar refractivity (Wildman–Crippen MR) is 47.6 cm³/mol. The predicted octanol–water partition coefficient (Wildman–Crippen LogP) is 1.30. The molecule has 0 aliphatic carbocycles. The second kappa shape index (κ2) is 3.99. The number of halogens is 1. The Labute approximate surface area is 70.9 Å². The SMILES string of the molecule is C=C(CNN)c1ccc(F)cc1. The van der Waals surface area contributed by atoms with Crippen LogP contribution >= 0.6 is 0 Å². The van der Waals surface area contributed by atoms with Crippen molar-refractivity contribution in [1.29, 1.82) is 0 Å². The van der Waals surface area contributed by atoms with E-state index in [0.717, 1.165) is 11.1 Å². The van der Waals surface area contributed by atoms with Crippen LogP contribution in [0.25, 0.3) is 5.57 Å². The first-order chi connectivity index (χ1) is 5.74. The zero-order valence-corrected chi connectivity index (χ0v) is 6.68. The third kappa shape index (κ3) is 2.15. The van der Waals surface area contributed by atoms with Gasteiger partial charge >= 0.3 is 0 Å². The second-order valence-corrected chi connectivity index (χ2v) is 2.49. The average Bonchev–Trinajstić information content (AvgIpc) is 2.06. The summed E-state index contributed by atoms with van der Waals surface area (Å²) in [4.78, 5) is 0. The number of nitrogens with one attached hydrogen (secondary N) is 1. The molecule has 64 valence electrons. The van der Waals surface area contributed by atoms with Crippen LogP contribution < -0.4 is 11.3 Å². The first-order valence-electron chi connectivity index (χ1n) is 3.61. The normalized spacial score (nSPS) is 9.83. The van der Waals surface area contributed by atoms with E-state index in [-0.39, 0.29) is 5.82 Å². The van der Waals surface area contributed by atoms with Crippen molar-refractivity contribution >= 4 is 5.57 Å². The van der Waals surface area contributed by atoms with Crippen LogP contribution in [0.4, 0.5) is 4.39 Å². The second-order valence-electron chi connectivity index (χ2n) is 2.49. The van der Waals surface area contributed by atoms with Crippen molar-refractivity contribution in [1.82, 2.24) is 5.43 Å². The molecular formula is C9H11FN2. The van der Waals surface area contributed by atoms with Gasteiger partial charge in [-0.3, -0.25) is 11.3 Å². The summed E-state index contributed by atoms with van der Waals surface area (Å²) in [5, 5.41) is 0. The van der Waals surface area contributed by atoms with Gasteiger partial charge in [-0.1, -0.05) is 18.7 Å². The van der Waals surface area contributed by atoms with Gasteiger partial charge in [0.05, 0.1) is 0 Å². The van der Waals surface area contributed by atoms with E-state index in [9.17, 15) is 4.39 Å². The highest BCUT2D eigenvalue weighted by Gasteiger charge is 1.96. The highest BCUT2D eigenvalue weighted by atomic mass is 19.1. The maximum absolute atomic E-state index is 12.5. The lowest BCUT2D eigenvalue weighted by atomic mass is 10.1. The lowest BCUT2D eigenvalue weighted by molar-refractivity contribution is 0.627. The lowest BCUT2D eigenvalue weighted by Crippen LogP contribution is -2.23. The van der Waals surface area contributed by atoms with Gasteiger partial charge in [-0.25, -0.2) is 4.39 Å². The van der Waals surface area contributed by atoms with Crippen LogP contribution in [0.3, 0.4) is 0 Å². The molecule has 2 nitrogen and oxygen atoms in total. The van der Waals surface area contributed by atoms with Gasteiger partial charge in [0.1, 0.15) is 5.82 Å².